The molecule has 1 saturated heterocycles. The van der Waals surface area contributed by atoms with Crippen LogP contribution in [0, 0.1) is 28.6 Å². The maximum Gasteiger partial charge on any atom is 0.319 e. The average molecular weight is 379 g/mol. The molecule has 2 unspecified atom stereocenters. The van der Waals surface area contributed by atoms with Crippen molar-refractivity contribution in [2.75, 3.05) is 19.8 Å². The second-order valence-corrected chi connectivity index (χ2v) is 7.50. The van der Waals surface area contributed by atoms with Gasteiger partial charge in [0.1, 0.15) is 0 Å². The molecular formula is C13H23N3O6P2. The summed E-state index contributed by atoms with van der Waals surface area (Å²) in [6.45, 7) is 4.00. The molecule has 0 aromatic carbocycles. The number of ether oxygens (including phenoxy) is 1. The molecular weight excluding hydrogens is 356 g/mol. The molecule has 0 aliphatic carbocycles. The van der Waals surface area contributed by atoms with Gasteiger partial charge in [0.15, 0.2) is 0 Å². The summed E-state index contributed by atoms with van der Waals surface area (Å²) in [5.74, 6) is 0.0500. The van der Waals surface area contributed by atoms with Crippen molar-refractivity contribution in [2.45, 2.75) is 44.9 Å². The minimum Gasteiger partial charge on any atom is -0.371 e. The molecule has 1 fully saturated rings. The van der Waals surface area contributed by atoms with E-state index in [4.69, 9.17) is 28.8 Å². The van der Waals surface area contributed by atoms with Crippen molar-refractivity contribution in [3.63, 3.8) is 0 Å². The largest absolute Gasteiger partial charge is 0.371 e. The third-order valence-corrected chi connectivity index (χ3v) is 5.51. The van der Waals surface area contributed by atoms with Gasteiger partial charge in [-0.15, -0.1) is 0 Å². The van der Waals surface area contributed by atoms with Gasteiger partial charge in [0.2, 0.25) is 0 Å². The van der Waals surface area contributed by atoms with E-state index < -0.39 is 22.5 Å². The summed E-state index contributed by atoms with van der Waals surface area (Å²) in [6.07, 6.45) is -0.233. The Bertz CT molecular complexity index is 521. The highest BCUT2D eigenvalue weighted by atomic mass is 31.1. The van der Waals surface area contributed by atoms with Gasteiger partial charge in [-0.1, -0.05) is 6.92 Å². The van der Waals surface area contributed by atoms with E-state index in [-0.39, 0.29) is 50.7 Å². The van der Waals surface area contributed by atoms with Gasteiger partial charge in [0.25, 0.3) is 8.18 Å². The second kappa shape index (κ2) is 11.7. The Balaban J connectivity index is 2.46. The summed E-state index contributed by atoms with van der Waals surface area (Å²) in [5.41, 5.74) is 0. The van der Waals surface area contributed by atoms with Crippen LogP contribution in [-0.4, -0.2) is 38.1 Å². The van der Waals surface area contributed by atoms with Crippen molar-refractivity contribution in [3.05, 3.63) is 0 Å². The summed E-state index contributed by atoms with van der Waals surface area (Å²) in [4.78, 5) is 0. The lowest BCUT2D eigenvalue weighted by molar-refractivity contribution is 0.0149. The highest BCUT2D eigenvalue weighted by Crippen LogP contribution is 2.33. The molecule has 1 aliphatic heterocycles. The fourth-order valence-electron chi connectivity index (χ4n) is 2.22. The molecule has 0 aromatic rings. The smallest absolute Gasteiger partial charge is 0.319 e. The number of hydrogen-bond donors (Lipinski definition) is 1. The molecule has 0 saturated carbocycles. The van der Waals surface area contributed by atoms with Crippen LogP contribution in [0.1, 0.15) is 26.7 Å². The van der Waals surface area contributed by atoms with Gasteiger partial charge in [0, 0.05) is 12.0 Å². The molecule has 1 aliphatic rings. The van der Waals surface area contributed by atoms with Gasteiger partial charge in [-0.05, 0) is 6.92 Å². The first kappa shape index (κ1) is 21.3. The Morgan fingerprint density at radius 1 is 1.08 bits per heavy atom. The molecule has 136 valence electrons. The Kier molecular flexibility index (Phi) is 10.4. The standard InChI is InChI=1S/C13H23N3O6P2/c1-10-11(2)22-12(9-21-24(18)20-8-4-6-15)13(10)16-23(17)19-7-3-5-14/h10-13,23-24H,3-4,7-9H2,1-2H3,(H,16,17)/t10-,11-,12+,13-/m0/s1. The predicted octanol–water partition coefficient (Wildman–Crippen LogP) is 2.02. The summed E-state index contributed by atoms with van der Waals surface area (Å²) in [6, 6.07) is 3.50. The van der Waals surface area contributed by atoms with Crippen LogP contribution < -0.4 is 5.09 Å². The lowest BCUT2D eigenvalue weighted by Crippen LogP contribution is -2.39. The van der Waals surface area contributed by atoms with Crippen LogP contribution in [0.5, 0.6) is 0 Å². The van der Waals surface area contributed by atoms with Crippen molar-refractivity contribution in [2.24, 2.45) is 5.92 Å². The van der Waals surface area contributed by atoms with Crippen LogP contribution in [0.4, 0.5) is 0 Å². The Morgan fingerprint density at radius 3 is 2.33 bits per heavy atom. The van der Waals surface area contributed by atoms with Crippen molar-refractivity contribution in [1.29, 1.82) is 10.5 Å². The van der Waals surface area contributed by atoms with Crippen LogP contribution in [0.3, 0.4) is 0 Å². The summed E-state index contributed by atoms with van der Waals surface area (Å²) in [5, 5.41) is 19.7. The fraction of sp³-hybridized carbons (Fsp3) is 0.846. The molecule has 0 aromatic heterocycles. The van der Waals surface area contributed by atoms with E-state index in [1.165, 1.54) is 0 Å². The minimum atomic E-state index is -2.70. The fourth-order valence-corrected chi connectivity index (χ4v) is 3.97. The zero-order valence-corrected chi connectivity index (χ0v) is 15.7. The minimum absolute atomic E-state index is 0.0179. The maximum atomic E-state index is 11.9. The molecule has 0 amide bonds. The first-order valence-electron chi connectivity index (χ1n) is 7.61. The quantitative estimate of drug-likeness (QED) is 0.423. The average Bonchev–Trinajstić information content (AvgIpc) is 2.81. The van der Waals surface area contributed by atoms with Crippen molar-refractivity contribution >= 4 is 16.4 Å². The number of hydrogen-bond acceptors (Lipinski definition) is 8. The van der Waals surface area contributed by atoms with E-state index in [0.29, 0.717) is 0 Å². The lowest BCUT2D eigenvalue weighted by Gasteiger charge is -2.22. The van der Waals surface area contributed by atoms with Gasteiger partial charge in [-0.3, -0.25) is 9.13 Å². The van der Waals surface area contributed by atoms with Gasteiger partial charge < -0.3 is 18.3 Å². The summed E-state index contributed by atoms with van der Waals surface area (Å²) >= 11 is 0. The molecule has 0 bridgehead atoms. The molecule has 1 heterocycles. The zero-order valence-electron chi connectivity index (χ0n) is 13.7. The maximum absolute atomic E-state index is 11.9. The van der Waals surface area contributed by atoms with Crippen LogP contribution in [0.25, 0.3) is 0 Å². The first-order valence-corrected chi connectivity index (χ1v) is 10.2. The number of nitrogens with one attached hydrogen (secondary N) is 1. The SMILES string of the molecule is C[C@@H]1[C@H](N[PH](=O)OCCC#N)[C@@H](CO[PH](=O)OCCC#N)O[C@H]1C. The van der Waals surface area contributed by atoms with Crippen molar-refractivity contribution in [1.82, 2.24) is 5.09 Å². The third-order valence-electron chi connectivity index (χ3n) is 3.63. The monoisotopic (exact) mass is 379 g/mol. The Hall–Kier alpha value is -0.760. The Labute approximate surface area is 143 Å². The molecule has 1 rings (SSSR count). The van der Waals surface area contributed by atoms with E-state index >= 15 is 0 Å². The number of nitriles is 2. The van der Waals surface area contributed by atoms with Gasteiger partial charge in [-0.2, -0.15) is 10.5 Å². The molecule has 1 N–H and O–H groups in total. The Morgan fingerprint density at radius 2 is 1.71 bits per heavy atom. The third kappa shape index (κ3) is 7.42. The molecule has 0 spiro atoms. The van der Waals surface area contributed by atoms with E-state index in [9.17, 15) is 9.13 Å². The summed E-state index contributed by atoms with van der Waals surface area (Å²) in [7, 11) is -5.21. The van der Waals surface area contributed by atoms with Gasteiger partial charge in [-0.25, -0.2) is 5.09 Å². The summed E-state index contributed by atoms with van der Waals surface area (Å²) < 4.78 is 44.4. The molecule has 24 heavy (non-hydrogen) atoms. The lowest BCUT2D eigenvalue weighted by atomic mass is 9.98. The zero-order chi connectivity index (χ0) is 17.9. The van der Waals surface area contributed by atoms with E-state index in [0.717, 1.165) is 0 Å². The first-order chi connectivity index (χ1) is 11.5. The van der Waals surface area contributed by atoms with Crippen LogP contribution >= 0.6 is 16.4 Å². The van der Waals surface area contributed by atoms with Crippen molar-refractivity contribution < 1.29 is 27.4 Å². The molecule has 6 atom stereocenters. The predicted molar refractivity (Wildman–Crippen MR) is 86.7 cm³/mol. The van der Waals surface area contributed by atoms with E-state index in [1.54, 1.807) is 0 Å². The molecule has 9 nitrogen and oxygen atoms in total. The van der Waals surface area contributed by atoms with Crippen molar-refractivity contribution in [3.8, 4) is 12.1 Å². The molecule has 0 radical (unpaired) electrons. The highest BCUT2D eigenvalue weighted by molar-refractivity contribution is 7.36. The number of rotatable bonds is 11. The van der Waals surface area contributed by atoms with Crippen LogP contribution in [0.15, 0.2) is 0 Å². The van der Waals surface area contributed by atoms with Crippen LogP contribution in [0.2, 0.25) is 0 Å². The van der Waals surface area contributed by atoms with Crippen LogP contribution in [-0.2, 0) is 27.4 Å². The number of nitrogens with zero attached hydrogens (tertiary/aromatic N) is 2. The van der Waals surface area contributed by atoms with Gasteiger partial charge in [0.05, 0.1) is 57.0 Å². The van der Waals surface area contributed by atoms with E-state index in [1.807, 2.05) is 26.0 Å². The molecule has 11 heteroatoms. The normalized spacial score (nSPS) is 28.8. The van der Waals surface area contributed by atoms with E-state index in [2.05, 4.69) is 5.09 Å². The topological polar surface area (TPSA) is 131 Å². The second-order valence-electron chi connectivity index (χ2n) is 5.27. The van der Waals surface area contributed by atoms with Gasteiger partial charge >= 0.3 is 8.25 Å². The highest BCUT2D eigenvalue weighted by Gasteiger charge is 2.40.